The molecular formula is C21H34N4O. The summed E-state index contributed by atoms with van der Waals surface area (Å²) in [7, 11) is 3.59. The van der Waals surface area contributed by atoms with Crippen molar-refractivity contribution in [2.45, 2.75) is 57.5 Å². The highest BCUT2D eigenvalue weighted by molar-refractivity contribution is 5.80. The summed E-state index contributed by atoms with van der Waals surface area (Å²) >= 11 is 0. The second kappa shape index (κ2) is 9.26. The summed E-state index contributed by atoms with van der Waals surface area (Å²) in [5.74, 6) is 1.87. The predicted molar refractivity (Wildman–Crippen MR) is 108 cm³/mol. The molecule has 1 unspecified atom stereocenters. The Bertz CT molecular complexity index is 610. The van der Waals surface area contributed by atoms with Crippen molar-refractivity contribution >= 4 is 5.96 Å². The number of aliphatic imine (C=N–C) groups is 1. The highest BCUT2D eigenvalue weighted by Crippen LogP contribution is 2.26. The van der Waals surface area contributed by atoms with E-state index in [0.29, 0.717) is 6.04 Å². The molecule has 144 valence electrons. The molecule has 0 aromatic heterocycles. The van der Waals surface area contributed by atoms with Crippen LogP contribution in [-0.2, 0) is 6.42 Å². The lowest BCUT2D eigenvalue weighted by Crippen LogP contribution is -2.45. The third-order valence-electron chi connectivity index (χ3n) is 5.75. The molecule has 1 aliphatic carbocycles. The molecule has 0 spiro atoms. The molecule has 2 aliphatic rings. The molecule has 1 saturated heterocycles. The van der Waals surface area contributed by atoms with Crippen LogP contribution in [0, 0.1) is 6.92 Å². The summed E-state index contributed by atoms with van der Waals surface area (Å²) in [6.45, 7) is 5.34. The van der Waals surface area contributed by atoms with E-state index in [1.54, 1.807) is 7.11 Å². The summed E-state index contributed by atoms with van der Waals surface area (Å²) in [5, 5.41) is 7.08. The molecule has 26 heavy (non-hydrogen) atoms. The smallest absolute Gasteiger partial charge is 0.191 e. The van der Waals surface area contributed by atoms with Crippen molar-refractivity contribution in [1.29, 1.82) is 0 Å². The van der Waals surface area contributed by atoms with Gasteiger partial charge in [0, 0.05) is 38.8 Å². The van der Waals surface area contributed by atoms with Crippen LogP contribution in [0.4, 0.5) is 0 Å². The van der Waals surface area contributed by atoms with Crippen LogP contribution in [0.3, 0.4) is 0 Å². The molecule has 1 aromatic rings. The molecule has 2 fully saturated rings. The van der Waals surface area contributed by atoms with Gasteiger partial charge in [0.1, 0.15) is 5.75 Å². The lowest BCUT2D eigenvalue weighted by atomic mass is 10.1. The van der Waals surface area contributed by atoms with Gasteiger partial charge in [-0.2, -0.15) is 0 Å². The van der Waals surface area contributed by atoms with Crippen molar-refractivity contribution in [2.24, 2.45) is 4.99 Å². The van der Waals surface area contributed by atoms with Crippen molar-refractivity contribution in [3.63, 3.8) is 0 Å². The van der Waals surface area contributed by atoms with Gasteiger partial charge in [-0.25, -0.2) is 0 Å². The van der Waals surface area contributed by atoms with Gasteiger partial charge in [0.15, 0.2) is 5.96 Å². The minimum absolute atomic E-state index is 0.510. The maximum atomic E-state index is 5.47. The lowest BCUT2D eigenvalue weighted by Gasteiger charge is -2.24. The van der Waals surface area contributed by atoms with Gasteiger partial charge < -0.3 is 15.4 Å². The Kier molecular flexibility index (Phi) is 6.78. The first-order chi connectivity index (χ1) is 12.7. The number of methoxy groups -OCH3 is 1. The van der Waals surface area contributed by atoms with E-state index in [0.717, 1.165) is 37.3 Å². The summed E-state index contributed by atoms with van der Waals surface area (Å²) in [6, 6.07) is 7.67. The number of aryl methyl sites for hydroxylation is 1. The van der Waals surface area contributed by atoms with Crippen LogP contribution in [0.5, 0.6) is 5.75 Å². The fraction of sp³-hybridized carbons (Fsp3) is 0.667. The van der Waals surface area contributed by atoms with Crippen LogP contribution >= 0.6 is 0 Å². The minimum Gasteiger partial charge on any atom is -0.496 e. The van der Waals surface area contributed by atoms with E-state index in [-0.39, 0.29) is 0 Å². The average Bonchev–Trinajstić information content (AvgIpc) is 3.32. The van der Waals surface area contributed by atoms with Gasteiger partial charge in [0.05, 0.1) is 7.11 Å². The Morgan fingerprint density at radius 2 is 2.08 bits per heavy atom. The number of benzene rings is 1. The zero-order valence-corrected chi connectivity index (χ0v) is 16.6. The maximum Gasteiger partial charge on any atom is 0.191 e. The highest BCUT2D eigenvalue weighted by atomic mass is 16.5. The number of guanidine groups is 1. The number of hydrogen-bond acceptors (Lipinski definition) is 3. The zero-order chi connectivity index (χ0) is 18.4. The van der Waals surface area contributed by atoms with Crippen molar-refractivity contribution < 1.29 is 4.74 Å². The average molecular weight is 359 g/mol. The Morgan fingerprint density at radius 3 is 2.81 bits per heavy atom. The molecule has 1 saturated carbocycles. The van der Waals surface area contributed by atoms with Crippen LogP contribution in [0.1, 0.15) is 43.2 Å². The molecule has 1 heterocycles. The largest absolute Gasteiger partial charge is 0.496 e. The quantitative estimate of drug-likeness (QED) is 0.606. The lowest BCUT2D eigenvalue weighted by molar-refractivity contribution is 0.242. The topological polar surface area (TPSA) is 48.9 Å². The van der Waals surface area contributed by atoms with Crippen LogP contribution < -0.4 is 15.4 Å². The third-order valence-corrected chi connectivity index (χ3v) is 5.75. The molecule has 1 atom stereocenters. The second-order valence-electron chi connectivity index (χ2n) is 7.63. The van der Waals surface area contributed by atoms with E-state index in [1.165, 1.54) is 49.8 Å². The van der Waals surface area contributed by atoms with Gasteiger partial charge >= 0.3 is 0 Å². The van der Waals surface area contributed by atoms with Gasteiger partial charge in [0.2, 0.25) is 0 Å². The molecule has 0 amide bonds. The molecule has 0 radical (unpaired) electrons. The fourth-order valence-electron chi connectivity index (χ4n) is 4.31. The van der Waals surface area contributed by atoms with E-state index in [1.807, 2.05) is 13.1 Å². The fourth-order valence-corrected chi connectivity index (χ4v) is 4.31. The highest BCUT2D eigenvalue weighted by Gasteiger charge is 2.30. The number of likely N-dealkylation sites (tertiary alicyclic amines) is 1. The molecule has 2 N–H and O–H groups in total. The van der Waals surface area contributed by atoms with Crippen LogP contribution in [0.15, 0.2) is 23.2 Å². The molecule has 3 rings (SSSR count). The van der Waals surface area contributed by atoms with Gasteiger partial charge in [-0.3, -0.25) is 9.89 Å². The molecule has 1 aliphatic heterocycles. The van der Waals surface area contributed by atoms with Crippen molar-refractivity contribution in [3.05, 3.63) is 29.3 Å². The number of rotatable bonds is 6. The van der Waals surface area contributed by atoms with Gasteiger partial charge in [-0.05, 0) is 44.2 Å². The van der Waals surface area contributed by atoms with Crippen molar-refractivity contribution in [3.8, 4) is 5.75 Å². The van der Waals surface area contributed by atoms with Crippen molar-refractivity contribution in [2.75, 3.05) is 33.8 Å². The minimum atomic E-state index is 0.510. The van der Waals surface area contributed by atoms with Crippen LogP contribution in [-0.4, -0.2) is 56.7 Å². The summed E-state index contributed by atoms with van der Waals surface area (Å²) in [6.07, 6.45) is 7.72. The maximum absolute atomic E-state index is 5.47. The monoisotopic (exact) mass is 358 g/mol. The molecule has 0 bridgehead atoms. The molecular weight excluding hydrogens is 324 g/mol. The summed E-state index contributed by atoms with van der Waals surface area (Å²) in [5.41, 5.74) is 2.50. The Balaban J connectivity index is 1.45. The van der Waals surface area contributed by atoms with E-state index in [9.17, 15) is 0 Å². The van der Waals surface area contributed by atoms with Gasteiger partial charge in [-0.1, -0.05) is 30.5 Å². The molecule has 5 nitrogen and oxygen atoms in total. The zero-order valence-electron chi connectivity index (χ0n) is 16.6. The van der Waals surface area contributed by atoms with E-state index in [4.69, 9.17) is 4.74 Å². The first-order valence-corrected chi connectivity index (χ1v) is 10.0. The number of nitrogens with one attached hydrogen (secondary N) is 2. The van der Waals surface area contributed by atoms with Gasteiger partial charge in [0.25, 0.3) is 0 Å². The Morgan fingerprint density at radius 1 is 1.27 bits per heavy atom. The number of nitrogens with zero attached hydrogens (tertiary/aromatic N) is 2. The van der Waals surface area contributed by atoms with Crippen molar-refractivity contribution in [1.82, 2.24) is 15.5 Å². The van der Waals surface area contributed by atoms with E-state index in [2.05, 4.69) is 39.6 Å². The number of ether oxygens (including phenoxy) is 1. The Labute approximate surface area is 158 Å². The number of hydrogen-bond donors (Lipinski definition) is 2. The van der Waals surface area contributed by atoms with E-state index < -0.39 is 0 Å². The SMILES string of the molecule is CN=C(NCCc1cc(C)ccc1OC)NC1CCN(C2CCCC2)C1. The first-order valence-electron chi connectivity index (χ1n) is 10.0. The second-order valence-corrected chi connectivity index (χ2v) is 7.63. The normalized spacial score (nSPS) is 22.0. The Hall–Kier alpha value is -1.75. The predicted octanol–water partition coefficient (Wildman–Crippen LogP) is 2.73. The van der Waals surface area contributed by atoms with E-state index >= 15 is 0 Å². The standard InChI is InChI=1S/C21H34N4O/c1-16-8-9-20(26-3)17(14-16)10-12-23-21(22-2)24-18-11-13-25(15-18)19-6-4-5-7-19/h8-9,14,18-19H,4-7,10-13,15H2,1-3H3,(H2,22,23,24). The summed E-state index contributed by atoms with van der Waals surface area (Å²) in [4.78, 5) is 7.09. The first kappa shape index (κ1) is 19.0. The van der Waals surface area contributed by atoms with Crippen LogP contribution in [0.2, 0.25) is 0 Å². The molecule has 1 aromatic carbocycles. The molecule has 5 heteroatoms. The van der Waals surface area contributed by atoms with Crippen LogP contribution in [0.25, 0.3) is 0 Å². The third kappa shape index (κ3) is 4.91. The summed E-state index contributed by atoms with van der Waals surface area (Å²) < 4.78 is 5.47. The van der Waals surface area contributed by atoms with Gasteiger partial charge in [-0.15, -0.1) is 0 Å².